The van der Waals surface area contributed by atoms with E-state index in [0.717, 1.165) is 25.8 Å². The van der Waals surface area contributed by atoms with E-state index in [0.29, 0.717) is 0 Å². The molecule has 0 radical (unpaired) electrons. The van der Waals surface area contributed by atoms with Crippen molar-refractivity contribution in [1.82, 2.24) is 4.90 Å². The maximum Gasteiger partial charge on any atom is 0.0283 e. The van der Waals surface area contributed by atoms with Gasteiger partial charge in [-0.25, -0.2) is 0 Å². The SMILES string of the molecule is C=CCC1(CC=C)c2ccccc2C(=CCCN(C)C)c2ccccc21. The lowest BCUT2D eigenvalue weighted by atomic mass is 9.62. The zero-order valence-electron chi connectivity index (χ0n) is 16.0. The standard InChI is InChI=1S/C25H29N/c1-5-17-25(18-6-2)23-15-9-7-12-21(23)20(14-11-19-26(3)4)22-13-8-10-16-24(22)25/h5-10,12-16H,1-2,11,17-19H2,3-4H3. The van der Waals surface area contributed by atoms with Crippen LogP contribution in [-0.2, 0) is 5.41 Å². The van der Waals surface area contributed by atoms with Crippen molar-refractivity contribution in [1.29, 1.82) is 0 Å². The van der Waals surface area contributed by atoms with Crippen LogP contribution >= 0.6 is 0 Å². The molecule has 0 bridgehead atoms. The molecule has 1 heteroatoms. The summed E-state index contributed by atoms with van der Waals surface area (Å²) in [4.78, 5) is 2.23. The molecule has 1 aliphatic carbocycles. The van der Waals surface area contributed by atoms with Crippen molar-refractivity contribution in [3.63, 3.8) is 0 Å². The highest BCUT2D eigenvalue weighted by atomic mass is 15.0. The second-order valence-electron chi connectivity index (χ2n) is 7.37. The van der Waals surface area contributed by atoms with Crippen LogP contribution in [0, 0.1) is 0 Å². The Bertz CT molecular complexity index is 764. The number of benzene rings is 2. The van der Waals surface area contributed by atoms with E-state index in [1.807, 2.05) is 0 Å². The van der Waals surface area contributed by atoms with Crippen LogP contribution in [0.3, 0.4) is 0 Å². The van der Waals surface area contributed by atoms with Gasteiger partial charge in [0.1, 0.15) is 0 Å². The molecule has 1 nitrogen and oxygen atoms in total. The van der Waals surface area contributed by atoms with E-state index in [9.17, 15) is 0 Å². The number of nitrogens with zero attached hydrogens (tertiary/aromatic N) is 1. The summed E-state index contributed by atoms with van der Waals surface area (Å²) in [5.74, 6) is 0. The van der Waals surface area contributed by atoms with E-state index in [2.05, 4.69) is 98.9 Å². The maximum atomic E-state index is 4.06. The fraction of sp³-hybridized carbons (Fsp3) is 0.280. The van der Waals surface area contributed by atoms with Crippen molar-refractivity contribution in [3.05, 3.63) is 102 Å². The van der Waals surface area contributed by atoms with Gasteiger partial charge in [-0.15, -0.1) is 13.2 Å². The molecule has 0 aromatic heterocycles. The van der Waals surface area contributed by atoms with Crippen molar-refractivity contribution in [2.45, 2.75) is 24.7 Å². The molecule has 2 aromatic carbocycles. The molecule has 134 valence electrons. The van der Waals surface area contributed by atoms with Crippen LogP contribution in [0.4, 0.5) is 0 Å². The van der Waals surface area contributed by atoms with Gasteiger partial charge in [0.25, 0.3) is 0 Å². The highest BCUT2D eigenvalue weighted by Crippen LogP contribution is 2.50. The molecule has 0 fully saturated rings. The van der Waals surface area contributed by atoms with E-state index in [4.69, 9.17) is 0 Å². The maximum absolute atomic E-state index is 4.06. The van der Waals surface area contributed by atoms with E-state index in [1.165, 1.54) is 27.8 Å². The predicted molar refractivity (Wildman–Crippen MR) is 114 cm³/mol. The van der Waals surface area contributed by atoms with Crippen molar-refractivity contribution in [2.75, 3.05) is 20.6 Å². The number of hydrogen-bond acceptors (Lipinski definition) is 1. The summed E-state index contributed by atoms with van der Waals surface area (Å²) >= 11 is 0. The largest absolute Gasteiger partial charge is 0.309 e. The highest BCUT2D eigenvalue weighted by molar-refractivity contribution is 5.87. The van der Waals surface area contributed by atoms with E-state index in [1.54, 1.807) is 0 Å². The Hall–Kier alpha value is -2.38. The number of hydrogen-bond donors (Lipinski definition) is 0. The molecule has 0 atom stereocenters. The lowest BCUT2D eigenvalue weighted by Gasteiger charge is -2.41. The molecule has 0 heterocycles. The first kappa shape index (κ1) is 18.4. The normalized spacial score (nSPS) is 14.5. The third kappa shape index (κ3) is 3.20. The van der Waals surface area contributed by atoms with Crippen LogP contribution in [0.25, 0.3) is 5.57 Å². The van der Waals surface area contributed by atoms with Crippen LogP contribution < -0.4 is 0 Å². The third-order valence-corrected chi connectivity index (χ3v) is 5.38. The Balaban J connectivity index is 2.24. The molecule has 0 N–H and O–H groups in total. The first-order valence-electron chi connectivity index (χ1n) is 9.40. The molecule has 3 rings (SSSR count). The van der Waals surface area contributed by atoms with Crippen molar-refractivity contribution in [3.8, 4) is 0 Å². The zero-order chi connectivity index (χ0) is 18.6. The van der Waals surface area contributed by atoms with Crippen LogP contribution in [-0.4, -0.2) is 25.5 Å². The lowest BCUT2D eigenvalue weighted by Crippen LogP contribution is -2.32. The van der Waals surface area contributed by atoms with Crippen LogP contribution in [0.5, 0.6) is 0 Å². The monoisotopic (exact) mass is 343 g/mol. The van der Waals surface area contributed by atoms with Gasteiger partial charge in [0.15, 0.2) is 0 Å². The van der Waals surface area contributed by atoms with E-state index >= 15 is 0 Å². The smallest absolute Gasteiger partial charge is 0.0283 e. The van der Waals surface area contributed by atoms with E-state index < -0.39 is 0 Å². The Morgan fingerprint density at radius 1 is 0.846 bits per heavy atom. The van der Waals surface area contributed by atoms with Gasteiger partial charge in [-0.2, -0.15) is 0 Å². The minimum absolute atomic E-state index is 0.0738. The highest BCUT2D eigenvalue weighted by Gasteiger charge is 2.39. The third-order valence-electron chi connectivity index (χ3n) is 5.38. The second kappa shape index (κ2) is 7.88. The average molecular weight is 344 g/mol. The Kier molecular flexibility index (Phi) is 5.58. The van der Waals surface area contributed by atoms with Crippen LogP contribution in [0.1, 0.15) is 41.5 Å². The predicted octanol–water partition coefficient (Wildman–Crippen LogP) is 5.82. The first-order valence-corrected chi connectivity index (χ1v) is 9.40. The number of fused-ring (bicyclic) bond motifs is 2. The van der Waals surface area contributed by atoms with Crippen molar-refractivity contribution in [2.24, 2.45) is 0 Å². The Morgan fingerprint density at radius 2 is 1.35 bits per heavy atom. The molecule has 26 heavy (non-hydrogen) atoms. The van der Waals surface area contributed by atoms with Crippen LogP contribution in [0.2, 0.25) is 0 Å². The average Bonchev–Trinajstić information content (AvgIpc) is 2.65. The molecule has 0 aliphatic heterocycles. The minimum Gasteiger partial charge on any atom is -0.309 e. The molecule has 0 unspecified atom stereocenters. The van der Waals surface area contributed by atoms with Gasteiger partial charge < -0.3 is 4.90 Å². The zero-order valence-corrected chi connectivity index (χ0v) is 16.0. The van der Waals surface area contributed by atoms with Gasteiger partial charge in [-0.3, -0.25) is 0 Å². The van der Waals surface area contributed by atoms with Gasteiger partial charge in [0, 0.05) is 12.0 Å². The van der Waals surface area contributed by atoms with E-state index in [-0.39, 0.29) is 5.41 Å². The molecule has 2 aromatic rings. The molecule has 0 saturated heterocycles. The molecule has 0 amide bonds. The lowest BCUT2D eigenvalue weighted by molar-refractivity contribution is 0.417. The van der Waals surface area contributed by atoms with Crippen molar-refractivity contribution >= 4 is 5.57 Å². The Morgan fingerprint density at radius 3 is 1.81 bits per heavy atom. The van der Waals surface area contributed by atoms with Crippen LogP contribution in [0.15, 0.2) is 79.9 Å². The summed E-state index contributed by atoms with van der Waals surface area (Å²) in [5, 5.41) is 0. The van der Waals surface area contributed by atoms with Crippen molar-refractivity contribution < 1.29 is 0 Å². The fourth-order valence-electron chi connectivity index (χ4n) is 4.26. The fourth-order valence-corrected chi connectivity index (χ4v) is 4.26. The summed E-state index contributed by atoms with van der Waals surface area (Å²) in [5.41, 5.74) is 6.79. The molecule has 0 saturated carbocycles. The minimum atomic E-state index is -0.0738. The molecule has 0 spiro atoms. The first-order chi connectivity index (χ1) is 12.6. The van der Waals surface area contributed by atoms with Gasteiger partial charge in [0.2, 0.25) is 0 Å². The van der Waals surface area contributed by atoms with Gasteiger partial charge in [0.05, 0.1) is 0 Å². The summed E-state index contributed by atoms with van der Waals surface area (Å²) < 4.78 is 0. The summed E-state index contributed by atoms with van der Waals surface area (Å²) in [6, 6.07) is 17.7. The summed E-state index contributed by atoms with van der Waals surface area (Å²) in [6.45, 7) is 9.18. The molecule has 1 aliphatic rings. The quantitative estimate of drug-likeness (QED) is 0.572. The topological polar surface area (TPSA) is 3.24 Å². The second-order valence-corrected chi connectivity index (χ2v) is 7.37. The summed E-state index contributed by atoms with van der Waals surface area (Å²) in [6.07, 6.45) is 9.38. The molecular weight excluding hydrogens is 314 g/mol. The van der Waals surface area contributed by atoms with Gasteiger partial charge in [-0.1, -0.05) is 66.8 Å². The molecular formula is C25H29N. The van der Waals surface area contributed by atoms with Gasteiger partial charge >= 0.3 is 0 Å². The van der Waals surface area contributed by atoms with Gasteiger partial charge in [-0.05, 0) is 61.2 Å². The number of rotatable bonds is 7. The number of allylic oxidation sites excluding steroid dienone is 2. The Labute approximate surface area is 158 Å². The summed E-state index contributed by atoms with van der Waals surface area (Å²) in [7, 11) is 4.25.